The van der Waals surface area contributed by atoms with Crippen LogP contribution in [0.5, 0.6) is 0 Å². The fourth-order valence-electron chi connectivity index (χ4n) is 2.33. The first-order valence-corrected chi connectivity index (χ1v) is 7.09. The van der Waals surface area contributed by atoms with Gasteiger partial charge in [-0.05, 0) is 44.6 Å². The molecule has 1 aliphatic carbocycles. The van der Waals surface area contributed by atoms with Crippen molar-refractivity contribution in [3.05, 3.63) is 11.6 Å². The molecule has 0 aromatic carbocycles. The molecule has 0 unspecified atom stereocenters. The first kappa shape index (κ1) is 17.3. The summed E-state index contributed by atoms with van der Waals surface area (Å²) in [5.41, 5.74) is 0.400. The van der Waals surface area contributed by atoms with Gasteiger partial charge in [0.25, 0.3) is 0 Å². The fourth-order valence-corrected chi connectivity index (χ4v) is 2.33. The number of esters is 1. The van der Waals surface area contributed by atoms with Gasteiger partial charge in [0.05, 0.1) is 12.1 Å². The Bertz CT molecular complexity index is 489. The van der Waals surface area contributed by atoms with Crippen molar-refractivity contribution in [2.24, 2.45) is 22.4 Å². The summed E-state index contributed by atoms with van der Waals surface area (Å²) in [6, 6.07) is 0. The molecule has 4 nitrogen and oxygen atoms in total. The predicted molar refractivity (Wildman–Crippen MR) is 83.6 cm³/mol. The van der Waals surface area contributed by atoms with Crippen LogP contribution in [0.3, 0.4) is 0 Å². The van der Waals surface area contributed by atoms with Gasteiger partial charge in [0, 0.05) is 0 Å². The topological polar surface area (TPSA) is 47.9 Å². The highest BCUT2D eigenvalue weighted by Gasteiger charge is 2.61. The lowest BCUT2D eigenvalue weighted by atomic mass is 10.1. The molecule has 2 atom stereocenters. The van der Waals surface area contributed by atoms with Crippen LogP contribution >= 0.6 is 0 Å². The zero-order valence-electron chi connectivity index (χ0n) is 13.8. The number of allylic oxidation sites excluding steroid dienone is 2. The third kappa shape index (κ3) is 4.93. The van der Waals surface area contributed by atoms with E-state index in [-0.39, 0.29) is 29.8 Å². The molecule has 0 bridgehead atoms. The minimum absolute atomic E-state index is 0.0862. The highest BCUT2D eigenvalue weighted by Crippen LogP contribution is 2.60. The van der Waals surface area contributed by atoms with Gasteiger partial charge in [0.15, 0.2) is 6.61 Å². The second-order valence-electron chi connectivity index (χ2n) is 6.98. The number of rotatable bonds is 5. The summed E-state index contributed by atoms with van der Waals surface area (Å²) >= 11 is 0. The normalized spacial score (nSPS) is 24.5. The average Bonchev–Trinajstić information content (AvgIpc) is 2.84. The summed E-state index contributed by atoms with van der Waals surface area (Å²) in [7, 11) is 0. The van der Waals surface area contributed by atoms with E-state index in [0.717, 1.165) is 5.57 Å². The van der Waals surface area contributed by atoms with Crippen LogP contribution in [0.15, 0.2) is 16.8 Å². The summed E-state index contributed by atoms with van der Waals surface area (Å²) in [4.78, 5) is 17.0. The largest absolute Gasteiger partial charge is 0.460 e. The van der Waals surface area contributed by atoms with E-state index < -0.39 is 5.60 Å². The van der Waals surface area contributed by atoms with Crippen LogP contribution in [-0.2, 0) is 14.4 Å². The SMILES string of the molecule is C#CCON=C/C(C)=C/[C@@H]1[C@@H](C(=O)OC(C)(C)C)C1(C)C. The molecular formula is C17H25NO3. The van der Waals surface area contributed by atoms with Crippen molar-refractivity contribution in [3.8, 4) is 12.3 Å². The van der Waals surface area contributed by atoms with Crippen LogP contribution in [0.1, 0.15) is 41.5 Å². The highest BCUT2D eigenvalue weighted by atomic mass is 16.6. The van der Waals surface area contributed by atoms with Crippen LogP contribution in [0.25, 0.3) is 0 Å². The molecule has 0 N–H and O–H groups in total. The van der Waals surface area contributed by atoms with Gasteiger partial charge in [-0.1, -0.05) is 31.0 Å². The van der Waals surface area contributed by atoms with E-state index in [1.54, 1.807) is 6.21 Å². The predicted octanol–water partition coefficient (Wildman–Crippen LogP) is 3.18. The van der Waals surface area contributed by atoms with Crippen LogP contribution in [-0.4, -0.2) is 24.4 Å². The molecule has 0 aromatic heterocycles. The van der Waals surface area contributed by atoms with E-state index in [9.17, 15) is 4.79 Å². The number of carbonyl (C=O) groups excluding carboxylic acids is 1. The van der Waals surface area contributed by atoms with E-state index in [1.165, 1.54) is 0 Å². The lowest BCUT2D eigenvalue weighted by Crippen LogP contribution is -2.26. The number of hydrogen-bond acceptors (Lipinski definition) is 4. The van der Waals surface area contributed by atoms with Gasteiger partial charge in [0.2, 0.25) is 0 Å². The van der Waals surface area contributed by atoms with Gasteiger partial charge in [0.1, 0.15) is 5.60 Å². The van der Waals surface area contributed by atoms with Crippen LogP contribution in [0.2, 0.25) is 0 Å². The molecule has 4 heteroatoms. The Labute approximate surface area is 127 Å². The summed E-state index contributed by atoms with van der Waals surface area (Å²) in [6.45, 7) is 11.9. The Morgan fingerprint density at radius 1 is 1.43 bits per heavy atom. The molecular weight excluding hydrogens is 266 g/mol. The van der Waals surface area contributed by atoms with E-state index in [2.05, 4.69) is 24.9 Å². The molecule has 0 radical (unpaired) electrons. The van der Waals surface area contributed by atoms with Crippen molar-refractivity contribution >= 4 is 12.2 Å². The molecule has 116 valence electrons. The highest BCUT2D eigenvalue weighted by molar-refractivity contribution is 5.81. The van der Waals surface area contributed by atoms with E-state index in [4.69, 9.17) is 16.0 Å². The van der Waals surface area contributed by atoms with Crippen molar-refractivity contribution in [1.82, 2.24) is 0 Å². The zero-order chi connectivity index (χ0) is 16.3. The molecule has 0 amide bonds. The minimum atomic E-state index is -0.455. The van der Waals surface area contributed by atoms with Crippen molar-refractivity contribution in [2.45, 2.75) is 47.1 Å². The second kappa shape index (κ2) is 6.34. The van der Waals surface area contributed by atoms with Gasteiger partial charge < -0.3 is 9.57 Å². The van der Waals surface area contributed by atoms with Gasteiger partial charge in [-0.25, -0.2) is 0 Å². The molecule has 0 heterocycles. The molecule has 0 spiro atoms. The van der Waals surface area contributed by atoms with E-state index in [1.807, 2.05) is 33.8 Å². The first-order valence-electron chi connectivity index (χ1n) is 7.09. The van der Waals surface area contributed by atoms with Gasteiger partial charge in [-0.15, -0.1) is 6.42 Å². The number of hydrogen-bond donors (Lipinski definition) is 0. The molecule has 1 aliphatic rings. The Morgan fingerprint density at radius 2 is 2.05 bits per heavy atom. The van der Waals surface area contributed by atoms with Crippen LogP contribution in [0, 0.1) is 29.6 Å². The molecule has 0 aliphatic heterocycles. The first-order chi connectivity index (χ1) is 9.59. The van der Waals surface area contributed by atoms with Crippen molar-refractivity contribution in [1.29, 1.82) is 0 Å². The standard InChI is InChI=1S/C17H25NO3/c1-8-9-20-18-11-12(2)10-13-14(17(13,6)7)15(19)21-16(3,4)5/h1,10-11,13-14H,9H2,2-7H3/b12-10+,18-11?/t13-,14+/m1/s1. The summed E-state index contributed by atoms with van der Waals surface area (Å²) < 4.78 is 5.47. The van der Waals surface area contributed by atoms with Crippen molar-refractivity contribution < 1.29 is 14.4 Å². The Hall–Kier alpha value is -1.76. The minimum Gasteiger partial charge on any atom is -0.460 e. The Kier molecular flexibility index (Phi) is 5.22. The maximum Gasteiger partial charge on any atom is 0.310 e. The van der Waals surface area contributed by atoms with Gasteiger partial charge in [-0.3, -0.25) is 4.79 Å². The lowest BCUT2D eigenvalue weighted by Gasteiger charge is -2.19. The van der Waals surface area contributed by atoms with E-state index >= 15 is 0 Å². The smallest absolute Gasteiger partial charge is 0.310 e. The van der Waals surface area contributed by atoms with Crippen LogP contribution in [0.4, 0.5) is 0 Å². The number of oxime groups is 1. The lowest BCUT2D eigenvalue weighted by molar-refractivity contribution is -0.157. The number of nitrogens with zero attached hydrogens (tertiary/aromatic N) is 1. The Balaban J connectivity index is 2.66. The molecule has 21 heavy (non-hydrogen) atoms. The van der Waals surface area contributed by atoms with Crippen molar-refractivity contribution in [2.75, 3.05) is 6.61 Å². The van der Waals surface area contributed by atoms with Gasteiger partial charge >= 0.3 is 5.97 Å². The monoisotopic (exact) mass is 291 g/mol. The second-order valence-corrected chi connectivity index (χ2v) is 6.98. The fraction of sp³-hybridized carbons (Fsp3) is 0.647. The number of terminal acetylenes is 1. The molecule has 0 aromatic rings. The average molecular weight is 291 g/mol. The maximum atomic E-state index is 12.2. The molecule has 0 saturated heterocycles. The molecule has 1 fully saturated rings. The van der Waals surface area contributed by atoms with Crippen molar-refractivity contribution in [3.63, 3.8) is 0 Å². The van der Waals surface area contributed by atoms with Gasteiger partial charge in [-0.2, -0.15) is 0 Å². The third-order valence-electron chi connectivity index (χ3n) is 3.49. The zero-order valence-corrected chi connectivity index (χ0v) is 13.8. The number of carbonyl (C=O) groups is 1. The summed E-state index contributed by atoms with van der Waals surface area (Å²) in [5.74, 6) is 2.25. The summed E-state index contributed by atoms with van der Waals surface area (Å²) in [5, 5.41) is 3.77. The van der Waals surface area contributed by atoms with E-state index in [0.29, 0.717) is 0 Å². The summed E-state index contributed by atoms with van der Waals surface area (Å²) in [6.07, 6.45) is 8.71. The number of ether oxygens (including phenoxy) is 1. The third-order valence-corrected chi connectivity index (χ3v) is 3.49. The van der Waals surface area contributed by atoms with Crippen LogP contribution < -0.4 is 0 Å². The quantitative estimate of drug-likeness (QED) is 0.257. The maximum absolute atomic E-state index is 12.2. The Morgan fingerprint density at radius 3 is 2.57 bits per heavy atom. The molecule has 1 saturated carbocycles. The molecule has 1 rings (SSSR count).